The zero-order valence-corrected chi connectivity index (χ0v) is 23.0. The number of aryl methyl sites for hydroxylation is 1. The van der Waals surface area contributed by atoms with Gasteiger partial charge in [0.25, 0.3) is 11.8 Å². The number of amides is 2. The average molecular weight is 549 g/mol. The molecule has 5 rings (SSSR count). The Morgan fingerprint density at radius 3 is 2.65 bits per heavy atom. The lowest BCUT2D eigenvalue weighted by Crippen LogP contribution is -2.36. The molecule has 0 bridgehead atoms. The van der Waals surface area contributed by atoms with Crippen LogP contribution in [0.1, 0.15) is 77.8 Å². The minimum atomic E-state index is -0.659. The molecule has 40 heavy (non-hydrogen) atoms. The third kappa shape index (κ3) is 5.15. The summed E-state index contributed by atoms with van der Waals surface area (Å²) in [4.78, 5) is 35.3. The molecule has 3 aromatic heterocycles. The van der Waals surface area contributed by atoms with Crippen molar-refractivity contribution in [3.05, 3.63) is 70.5 Å². The van der Waals surface area contributed by atoms with Crippen molar-refractivity contribution in [1.82, 2.24) is 25.3 Å². The molecule has 0 saturated heterocycles. The van der Waals surface area contributed by atoms with Gasteiger partial charge in [-0.15, -0.1) is 0 Å². The van der Waals surface area contributed by atoms with E-state index in [0.29, 0.717) is 39.7 Å². The second-order valence-corrected chi connectivity index (χ2v) is 10.8. The SMILES string of the molecule is CCc1nocc1C(=O)N[C@H](c1nc2c(F)c(-c3c[n+]([O-])ccc3C(=O)N(C)C)ccc2[nH]1)C1CCC(C)CC1. The van der Waals surface area contributed by atoms with Crippen LogP contribution in [0, 0.1) is 22.9 Å². The van der Waals surface area contributed by atoms with Crippen LogP contribution in [-0.4, -0.2) is 45.9 Å². The Labute approximate surface area is 231 Å². The van der Waals surface area contributed by atoms with Gasteiger partial charge < -0.3 is 24.9 Å². The number of pyridine rings is 1. The maximum atomic E-state index is 16.1. The molecule has 210 valence electrons. The Hall–Kier alpha value is -4.28. The quantitative estimate of drug-likeness (QED) is 0.257. The van der Waals surface area contributed by atoms with Gasteiger partial charge in [-0.2, -0.15) is 4.73 Å². The molecule has 3 heterocycles. The molecule has 2 N–H and O–H groups in total. The smallest absolute Gasteiger partial charge is 0.257 e. The molecule has 11 heteroatoms. The summed E-state index contributed by atoms with van der Waals surface area (Å²) in [5.41, 5.74) is 1.92. The fourth-order valence-electron chi connectivity index (χ4n) is 5.48. The first kappa shape index (κ1) is 27.3. The number of H-pyrrole nitrogens is 1. The number of hydrogen-bond acceptors (Lipinski definition) is 6. The lowest BCUT2D eigenvalue weighted by atomic mass is 9.79. The van der Waals surface area contributed by atoms with E-state index < -0.39 is 11.9 Å². The van der Waals surface area contributed by atoms with Gasteiger partial charge in [0.15, 0.2) is 18.2 Å². The van der Waals surface area contributed by atoms with Crippen molar-refractivity contribution >= 4 is 22.8 Å². The monoisotopic (exact) mass is 548 g/mol. The van der Waals surface area contributed by atoms with Gasteiger partial charge in [-0.25, -0.2) is 9.37 Å². The van der Waals surface area contributed by atoms with Gasteiger partial charge in [-0.05, 0) is 43.2 Å². The summed E-state index contributed by atoms with van der Waals surface area (Å²) in [7, 11) is 3.18. The van der Waals surface area contributed by atoms with E-state index >= 15 is 4.39 Å². The number of rotatable bonds is 7. The van der Waals surface area contributed by atoms with Crippen LogP contribution in [-0.2, 0) is 6.42 Å². The predicted octanol–water partition coefficient (Wildman–Crippen LogP) is 4.55. The van der Waals surface area contributed by atoms with E-state index in [1.807, 2.05) is 6.92 Å². The van der Waals surface area contributed by atoms with Gasteiger partial charge in [-0.3, -0.25) is 9.59 Å². The van der Waals surface area contributed by atoms with Crippen molar-refractivity contribution in [2.45, 2.75) is 52.0 Å². The molecule has 0 radical (unpaired) electrons. The molecule has 0 unspecified atom stereocenters. The van der Waals surface area contributed by atoms with Crippen molar-refractivity contribution in [1.29, 1.82) is 0 Å². The number of aromatic amines is 1. The lowest BCUT2D eigenvalue weighted by molar-refractivity contribution is -0.604. The summed E-state index contributed by atoms with van der Waals surface area (Å²) in [5, 5.41) is 19.2. The minimum absolute atomic E-state index is 0.0692. The Balaban J connectivity index is 1.56. The minimum Gasteiger partial charge on any atom is -0.619 e. The molecule has 2 amide bonds. The largest absolute Gasteiger partial charge is 0.619 e. The van der Waals surface area contributed by atoms with Crippen molar-refractivity contribution < 1.29 is 23.2 Å². The van der Waals surface area contributed by atoms with Crippen LogP contribution >= 0.6 is 0 Å². The predicted molar refractivity (Wildman–Crippen MR) is 146 cm³/mol. The van der Waals surface area contributed by atoms with Crippen LogP contribution in [0.5, 0.6) is 0 Å². The summed E-state index contributed by atoms with van der Waals surface area (Å²) in [6.45, 7) is 4.11. The van der Waals surface area contributed by atoms with E-state index in [-0.39, 0.29) is 39.9 Å². The van der Waals surface area contributed by atoms with Crippen molar-refractivity contribution in [2.24, 2.45) is 11.8 Å². The highest BCUT2D eigenvalue weighted by Gasteiger charge is 2.32. The van der Waals surface area contributed by atoms with Crippen LogP contribution in [0.2, 0.25) is 0 Å². The summed E-state index contributed by atoms with van der Waals surface area (Å²) in [6, 6.07) is 4.10. The molecule has 0 spiro atoms. The molecule has 4 aromatic rings. The van der Waals surface area contributed by atoms with Gasteiger partial charge in [0.2, 0.25) is 0 Å². The van der Waals surface area contributed by atoms with Gasteiger partial charge in [0.05, 0.1) is 28.4 Å². The number of benzene rings is 1. The fourth-order valence-corrected chi connectivity index (χ4v) is 5.48. The van der Waals surface area contributed by atoms with E-state index in [0.717, 1.165) is 25.7 Å². The van der Waals surface area contributed by atoms with Gasteiger partial charge in [0, 0.05) is 25.7 Å². The van der Waals surface area contributed by atoms with Crippen LogP contribution in [0.25, 0.3) is 22.2 Å². The second kappa shape index (κ2) is 11.1. The molecule has 1 saturated carbocycles. The molecule has 1 aliphatic rings. The number of fused-ring (bicyclic) bond motifs is 1. The Morgan fingerprint density at radius 1 is 1.20 bits per heavy atom. The van der Waals surface area contributed by atoms with Gasteiger partial charge in [0.1, 0.15) is 23.2 Å². The molecule has 10 nitrogen and oxygen atoms in total. The number of nitrogens with one attached hydrogen (secondary N) is 2. The van der Waals surface area contributed by atoms with Gasteiger partial charge >= 0.3 is 0 Å². The first-order valence-electron chi connectivity index (χ1n) is 13.5. The number of carbonyl (C=O) groups excluding carboxylic acids is 2. The zero-order valence-electron chi connectivity index (χ0n) is 23.0. The summed E-state index contributed by atoms with van der Waals surface area (Å²) in [6.07, 6.45) is 8.12. The maximum Gasteiger partial charge on any atom is 0.257 e. The van der Waals surface area contributed by atoms with E-state index in [1.165, 1.54) is 35.7 Å². The number of hydrogen-bond donors (Lipinski definition) is 2. The second-order valence-electron chi connectivity index (χ2n) is 10.8. The standard InChI is InChI=1S/C29H33FN6O4/c1-5-22-21(15-40-34-22)28(37)33-25(17-8-6-16(2)7-9-17)27-31-23-11-10-18(24(30)26(23)32-27)20-14-36(39)13-12-19(20)29(38)35(3)4/h10-17,25H,5-9H2,1-4H3,(H,31,32)(H,33,37)/t16?,17?,25-/m0/s1. The van der Waals surface area contributed by atoms with Crippen molar-refractivity contribution in [3.8, 4) is 11.1 Å². The molecule has 0 aliphatic heterocycles. The topological polar surface area (TPSA) is 131 Å². The Kier molecular flexibility index (Phi) is 7.55. The number of halogens is 1. The average Bonchev–Trinajstić information content (AvgIpc) is 3.60. The van der Waals surface area contributed by atoms with E-state index in [1.54, 1.807) is 20.2 Å². The normalized spacial score (nSPS) is 18.0. The number of nitrogens with zero attached hydrogens (tertiary/aromatic N) is 4. The molecule has 1 aromatic carbocycles. The molecule has 1 fully saturated rings. The number of imidazole rings is 1. The van der Waals surface area contributed by atoms with Crippen LogP contribution in [0.15, 0.2) is 41.4 Å². The number of carbonyl (C=O) groups is 2. The third-order valence-corrected chi connectivity index (χ3v) is 7.81. The van der Waals surface area contributed by atoms with E-state index in [9.17, 15) is 14.8 Å². The summed E-state index contributed by atoms with van der Waals surface area (Å²) < 4.78 is 21.6. The van der Waals surface area contributed by atoms with Crippen molar-refractivity contribution in [2.75, 3.05) is 14.1 Å². The fraction of sp³-hybridized carbons (Fsp3) is 0.414. The highest BCUT2D eigenvalue weighted by atomic mass is 19.1. The highest BCUT2D eigenvalue weighted by Crippen LogP contribution is 2.38. The van der Waals surface area contributed by atoms with Crippen LogP contribution < -0.4 is 10.0 Å². The first-order chi connectivity index (χ1) is 19.2. The molecule has 1 atom stereocenters. The molecular formula is C29H33FN6O4. The summed E-state index contributed by atoms with van der Waals surface area (Å²) >= 11 is 0. The van der Waals surface area contributed by atoms with Crippen LogP contribution in [0.4, 0.5) is 4.39 Å². The van der Waals surface area contributed by atoms with E-state index in [2.05, 4.69) is 27.4 Å². The molecule has 1 aliphatic carbocycles. The van der Waals surface area contributed by atoms with Crippen molar-refractivity contribution in [3.63, 3.8) is 0 Å². The van der Waals surface area contributed by atoms with E-state index in [4.69, 9.17) is 4.52 Å². The maximum absolute atomic E-state index is 16.1. The summed E-state index contributed by atoms with van der Waals surface area (Å²) in [5.74, 6) is -0.182. The van der Waals surface area contributed by atoms with Gasteiger partial charge in [-0.1, -0.05) is 31.8 Å². The third-order valence-electron chi connectivity index (χ3n) is 7.81. The van der Waals surface area contributed by atoms with Crippen LogP contribution in [0.3, 0.4) is 0 Å². The number of aromatic nitrogens is 4. The first-order valence-corrected chi connectivity index (χ1v) is 13.5. The highest BCUT2D eigenvalue weighted by molar-refractivity contribution is 6.01. The lowest BCUT2D eigenvalue weighted by Gasteiger charge is -2.32. The Bertz CT molecular complexity index is 1550. The zero-order chi connectivity index (χ0) is 28.6. The Morgan fingerprint density at radius 2 is 1.95 bits per heavy atom. The molecular weight excluding hydrogens is 515 g/mol.